The Labute approximate surface area is 223 Å². The van der Waals surface area contributed by atoms with Crippen LogP contribution in [0.3, 0.4) is 0 Å². The van der Waals surface area contributed by atoms with Crippen LogP contribution in [0.15, 0.2) is 43.0 Å². The summed E-state index contributed by atoms with van der Waals surface area (Å²) in [7, 11) is -4.99. The minimum atomic E-state index is -4.99. The predicted octanol–water partition coefficient (Wildman–Crippen LogP) is 1.62. The highest BCUT2D eigenvalue weighted by atomic mass is 31.2. The molecular weight excluding hydrogens is 531 g/mol. The van der Waals surface area contributed by atoms with Gasteiger partial charge in [0.25, 0.3) is 7.82 Å². The normalized spacial score (nSPS) is 28.4. The van der Waals surface area contributed by atoms with E-state index in [1.807, 2.05) is 30.3 Å². The van der Waals surface area contributed by atoms with E-state index in [2.05, 4.69) is 30.1 Å². The lowest BCUT2D eigenvalue weighted by atomic mass is 10.1. The fourth-order valence-electron chi connectivity index (χ4n) is 5.36. The molecule has 0 radical (unpaired) electrons. The molecule has 1 saturated carbocycles. The first kappa shape index (κ1) is 26.3. The van der Waals surface area contributed by atoms with E-state index in [0.29, 0.717) is 17.6 Å². The molecule has 3 unspecified atom stereocenters. The molecule has 3 aromatic rings. The maximum absolute atomic E-state index is 12.5. The highest BCUT2D eigenvalue weighted by molar-refractivity contribution is 7.44. The maximum atomic E-state index is 12.5. The largest absolute Gasteiger partial charge is 0.756 e. The molecule has 2 saturated heterocycles. The molecule has 0 bridgehead atoms. The number of benzene rings is 1. The van der Waals surface area contributed by atoms with Crippen molar-refractivity contribution in [3.8, 4) is 0 Å². The minimum Gasteiger partial charge on any atom is -0.756 e. The molecule has 0 spiro atoms. The maximum Gasteiger partial charge on any atom is 0.320 e. The van der Waals surface area contributed by atoms with Crippen LogP contribution in [0.4, 0.5) is 10.6 Å². The van der Waals surface area contributed by atoms with Gasteiger partial charge in [-0.3, -0.25) is 14.4 Å². The second-order valence-corrected chi connectivity index (χ2v) is 11.0. The lowest BCUT2D eigenvalue weighted by Gasteiger charge is -2.23. The number of amides is 2. The first-order valence-electron chi connectivity index (χ1n) is 12.8. The summed E-state index contributed by atoms with van der Waals surface area (Å²) in [6.45, 7) is -0.466. The Balaban J connectivity index is 1.23. The molecular formula is C24H28N6O8P-. The SMILES string of the molecule is O=C(Nc1ncnc2c1ncn2[C@@H]1O[C@H](COP(=O)([O-])O)C2OC(Cc3ccccc3)O[C@@H]21)NC1CCCC1. The van der Waals surface area contributed by atoms with Crippen molar-refractivity contribution in [2.75, 3.05) is 11.9 Å². The summed E-state index contributed by atoms with van der Waals surface area (Å²) in [5.41, 5.74) is 1.72. The number of nitrogens with one attached hydrogen (secondary N) is 2. The molecule has 39 heavy (non-hydrogen) atoms. The first-order chi connectivity index (χ1) is 18.8. The van der Waals surface area contributed by atoms with Crippen molar-refractivity contribution >= 4 is 30.8 Å². The van der Waals surface area contributed by atoms with Gasteiger partial charge < -0.3 is 33.8 Å². The van der Waals surface area contributed by atoms with Gasteiger partial charge in [0, 0.05) is 12.5 Å². The topological polar surface area (TPSA) is 182 Å². The van der Waals surface area contributed by atoms with Gasteiger partial charge in [0.1, 0.15) is 24.6 Å². The van der Waals surface area contributed by atoms with E-state index < -0.39 is 45.3 Å². The van der Waals surface area contributed by atoms with E-state index in [9.17, 15) is 14.3 Å². The smallest absolute Gasteiger partial charge is 0.320 e. The first-order valence-corrected chi connectivity index (χ1v) is 14.3. The molecule has 3 fully saturated rings. The highest BCUT2D eigenvalue weighted by Gasteiger charge is 2.54. The summed E-state index contributed by atoms with van der Waals surface area (Å²) >= 11 is 0. The van der Waals surface area contributed by atoms with Crippen molar-refractivity contribution in [3.05, 3.63) is 48.5 Å². The van der Waals surface area contributed by atoms with Crippen molar-refractivity contribution in [2.24, 2.45) is 0 Å². The quantitative estimate of drug-likeness (QED) is 0.341. The summed E-state index contributed by atoms with van der Waals surface area (Å²) < 4.78 is 36.0. The zero-order valence-corrected chi connectivity index (χ0v) is 21.7. The molecule has 6 rings (SSSR count). The Bertz CT molecular complexity index is 1360. The lowest BCUT2D eigenvalue weighted by molar-refractivity contribution is -0.224. The number of ether oxygens (including phenoxy) is 3. The summed E-state index contributed by atoms with van der Waals surface area (Å²) in [4.78, 5) is 45.9. The Morgan fingerprint density at radius 3 is 2.67 bits per heavy atom. The van der Waals surface area contributed by atoms with E-state index in [-0.39, 0.29) is 17.9 Å². The summed E-state index contributed by atoms with van der Waals surface area (Å²) in [5.74, 6) is 0.238. The van der Waals surface area contributed by atoms with Crippen molar-refractivity contribution in [1.82, 2.24) is 24.8 Å². The van der Waals surface area contributed by atoms with Gasteiger partial charge in [-0.2, -0.15) is 0 Å². The van der Waals surface area contributed by atoms with Crippen molar-refractivity contribution in [1.29, 1.82) is 0 Å². The molecule has 3 aliphatic rings. The van der Waals surface area contributed by atoms with Crippen LogP contribution in [0, 0.1) is 0 Å². The molecule has 2 aromatic heterocycles. The zero-order valence-electron chi connectivity index (χ0n) is 20.8. The number of rotatable bonds is 8. The van der Waals surface area contributed by atoms with Gasteiger partial charge in [-0.1, -0.05) is 43.2 Å². The number of nitrogens with zero attached hydrogens (tertiary/aromatic N) is 4. The Morgan fingerprint density at radius 2 is 1.90 bits per heavy atom. The van der Waals surface area contributed by atoms with E-state index in [1.54, 1.807) is 4.57 Å². The van der Waals surface area contributed by atoms with Crippen LogP contribution in [0.1, 0.15) is 37.5 Å². The van der Waals surface area contributed by atoms with Crippen molar-refractivity contribution in [2.45, 2.75) is 69.0 Å². The number of fused-ring (bicyclic) bond motifs is 2. The molecule has 4 heterocycles. The van der Waals surface area contributed by atoms with E-state index in [4.69, 9.17) is 19.1 Å². The van der Waals surface area contributed by atoms with Gasteiger partial charge in [-0.25, -0.2) is 19.7 Å². The van der Waals surface area contributed by atoms with Gasteiger partial charge in [-0.15, -0.1) is 0 Å². The number of aromatic nitrogens is 4. The summed E-state index contributed by atoms with van der Waals surface area (Å²) in [5, 5.41) is 5.71. The third-order valence-electron chi connectivity index (χ3n) is 7.11. The van der Waals surface area contributed by atoms with E-state index in [1.165, 1.54) is 12.7 Å². The number of carbonyl (C=O) groups is 1. The Morgan fingerprint density at radius 1 is 1.13 bits per heavy atom. The second kappa shape index (κ2) is 10.9. The average Bonchev–Trinajstić information content (AvgIpc) is 3.68. The fourth-order valence-corrected chi connectivity index (χ4v) is 5.69. The molecule has 1 aromatic carbocycles. The number of hydrogen-bond donors (Lipinski definition) is 3. The molecule has 2 amide bonds. The van der Waals surface area contributed by atoms with Gasteiger partial charge in [0.05, 0.1) is 12.9 Å². The number of urea groups is 1. The number of hydrogen-bond acceptors (Lipinski definition) is 10. The third-order valence-corrected chi connectivity index (χ3v) is 7.58. The van der Waals surface area contributed by atoms with Crippen LogP contribution >= 0.6 is 7.82 Å². The third kappa shape index (κ3) is 5.82. The minimum absolute atomic E-state index is 0.134. The molecule has 3 N–H and O–H groups in total. The van der Waals surface area contributed by atoms with Crippen LogP contribution < -0.4 is 15.5 Å². The van der Waals surface area contributed by atoms with Gasteiger partial charge >= 0.3 is 6.03 Å². The van der Waals surface area contributed by atoms with Crippen LogP contribution in [-0.4, -0.2) is 67.7 Å². The Kier molecular flexibility index (Phi) is 7.33. The van der Waals surface area contributed by atoms with E-state index in [0.717, 1.165) is 31.2 Å². The van der Waals surface area contributed by atoms with Crippen molar-refractivity contribution in [3.63, 3.8) is 0 Å². The molecule has 208 valence electrons. The molecule has 1 aliphatic carbocycles. The van der Waals surface area contributed by atoms with Crippen molar-refractivity contribution < 1.29 is 37.9 Å². The van der Waals surface area contributed by atoms with Gasteiger partial charge in [0.15, 0.2) is 29.5 Å². The van der Waals surface area contributed by atoms with Crippen LogP contribution in [0.5, 0.6) is 0 Å². The standard InChI is InChI=1S/C24H29N6O8P/c31-24(28-15-8-4-5-9-15)29-21-18-22(26-12-25-21)30(13-27-18)23-20-19(16(36-23)11-35-39(32,33)34)37-17(38-20)10-14-6-2-1-3-7-14/h1-3,6-7,12-13,15-17,19-20,23H,4-5,8-11H2,(H2,32,33,34)(H2,25,26,28,29,31)/p-1/t16-,17?,19?,20+,23-/m1/s1. The zero-order chi connectivity index (χ0) is 27.0. The highest BCUT2D eigenvalue weighted by Crippen LogP contribution is 2.43. The van der Waals surface area contributed by atoms with Crippen LogP contribution in [-0.2, 0) is 29.7 Å². The van der Waals surface area contributed by atoms with E-state index >= 15 is 0 Å². The summed E-state index contributed by atoms with van der Waals surface area (Å²) in [6, 6.07) is 9.41. The molecule has 6 atom stereocenters. The summed E-state index contributed by atoms with van der Waals surface area (Å²) in [6.07, 6.45) is 3.67. The Hall–Kier alpha value is -2.97. The second-order valence-electron chi connectivity index (χ2n) is 9.78. The predicted molar refractivity (Wildman–Crippen MR) is 133 cm³/mol. The van der Waals surface area contributed by atoms with Gasteiger partial charge in [0.2, 0.25) is 0 Å². The number of carbonyl (C=O) groups excluding carboxylic acids is 1. The lowest BCUT2D eigenvalue weighted by Crippen LogP contribution is -2.36. The molecule has 2 aliphatic heterocycles. The number of imidazole rings is 1. The number of phosphoric ester groups is 1. The number of phosphoric acid groups is 1. The number of anilines is 1. The fraction of sp³-hybridized carbons (Fsp3) is 0.500. The van der Waals surface area contributed by atoms with Crippen LogP contribution in [0.2, 0.25) is 0 Å². The monoisotopic (exact) mass is 559 g/mol. The average molecular weight is 559 g/mol. The molecule has 15 heteroatoms. The van der Waals surface area contributed by atoms with Crippen LogP contribution in [0.25, 0.3) is 11.2 Å². The molecule has 14 nitrogen and oxygen atoms in total. The van der Waals surface area contributed by atoms with Gasteiger partial charge in [-0.05, 0) is 18.4 Å².